The van der Waals surface area contributed by atoms with E-state index in [1.807, 2.05) is 0 Å². The van der Waals surface area contributed by atoms with Crippen molar-refractivity contribution in [2.45, 2.75) is 26.2 Å². The van der Waals surface area contributed by atoms with E-state index >= 15 is 0 Å². The van der Waals surface area contributed by atoms with Crippen molar-refractivity contribution in [2.24, 2.45) is 0 Å². The first-order chi connectivity index (χ1) is 12.3. The SMILES string of the molecule is CCC(=O)Nc1ccc(C(=O)NNC(=S)NC(=O)CCC(=O)OC)cc1. The zero-order valence-corrected chi connectivity index (χ0v) is 15.2. The standard InChI is InChI=1S/C16H20N4O5S/c1-3-12(21)17-11-6-4-10(5-7-11)15(24)19-20-16(26)18-13(22)8-9-14(23)25-2/h4-7H,3,8-9H2,1-2H3,(H,17,21)(H,19,24)(H2,18,20,22,26). The van der Waals surface area contributed by atoms with Crippen LogP contribution in [0.15, 0.2) is 24.3 Å². The van der Waals surface area contributed by atoms with Crippen molar-refractivity contribution < 1.29 is 23.9 Å². The Morgan fingerprint density at radius 2 is 1.65 bits per heavy atom. The lowest BCUT2D eigenvalue weighted by Crippen LogP contribution is -2.48. The van der Waals surface area contributed by atoms with Gasteiger partial charge in [0.2, 0.25) is 11.8 Å². The molecule has 0 aromatic heterocycles. The number of thiocarbonyl (C=S) groups is 1. The molecule has 26 heavy (non-hydrogen) atoms. The Bertz CT molecular complexity index is 690. The summed E-state index contributed by atoms with van der Waals surface area (Å²) in [6.07, 6.45) is 0.195. The highest BCUT2D eigenvalue weighted by Crippen LogP contribution is 2.09. The second-order valence-electron chi connectivity index (χ2n) is 5.01. The smallest absolute Gasteiger partial charge is 0.306 e. The minimum Gasteiger partial charge on any atom is -0.469 e. The number of rotatable bonds is 6. The molecule has 0 saturated heterocycles. The van der Waals surface area contributed by atoms with Crippen molar-refractivity contribution >= 4 is 46.7 Å². The molecule has 0 atom stereocenters. The van der Waals surface area contributed by atoms with Gasteiger partial charge >= 0.3 is 5.97 Å². The third kappa shape index (κ3) is 7.71. The molecule has 0 saturated carbocycles. The van der Waals surface area contributed by atoms with E-state index in [-0.39, 0.29) is 23.9 Å². The van der Waals surface area contributed by atoms with E-state index in [9.17, 15) is 19.2 Å². The van der Waals surface area contributed by atoms with Crippen LogP contribution in [0.25, 0.3) is 0 Å². The highest BCUT2D eigenvalue weighted by molar-refractivity contribution is 7.80. The average Bonchev–Trinajstić information content (AvgIpc) is 2.64. The number of benzene rings is 1. The van der Waals surface area contributed by atoms with Crippen LogP contribution < -0.4 is 21.5 Å². The molecule has 0 unspecified atom stereocenters. The normalized spacial score (nSPS) is 9.62. The number of ether oxygens (including phenoxy) is 1. The van der Waals surface area contributed by atoms with E-state index in [1.54, 1.807) is 19.1 Å². The molecule has 140 valence electrons. The first-order valence-electron chi connectivity index (χ1n) is 7.72. The second-order valence-corrected chi connectivity index (χ2v) is 5.42. The molecule has 0 bridgehead atoms. The summed E-state index contributed by atoms with van der Waals surface area (Å²) in [5.41, 5.74) is 5.62. The van der Waals surface area contributed by atoms with Gasteiger partial charge in [-0.05, 0) is 36.5 Å². The maximum absolute atomic E-state index is 12.0. The minimum absolute atomic E-state index is 0.0712. The van der Waals surface area contributed by atoms with Gasteiger partial charge in [0.25, 0.3) is 5.91 Å². The van der Waals surface area contributed by atoms with Crippen LogP contribution >= 0.6 is 12.2 Å². The lowest BCUT2D eigenvalue weighted by molar-refractivity contribution is -0.142. The van der Waals surface area contributed by atoms with E-state index in [2.05, 4.69) is 26.2 Å². The van der Waals surface area contributed by atoms with E-state index in [1.165, 1.54) is 19.2 Å². The molecule has 0 aliphatic carbocycles. The van der Waals surface area contributed by atoms with E-state index in [0.717, 1.165) is 0 Å². The van der Waals surface area contributed by atoms with Crippen LogP contribution in [0.2, 0.25) is 0 Å². The fourth-order valence-electron chi connectivity index (χ4n) is 1.68. The molecule has 0 fully saturated rings. The van der Waals surface area contributed by atoms with Crippen LogP contribution in [0.5, 0.6) is 0 Å². The molecule has 0 heterocycles. The van der Waals surface area contributed by atoms with Gasteiger partial charge in [0.15, 0.2) is 5.11 Å². The zero-order valence-electron chi connectivity index (χ0n) is 14.4. The van der Waals surface area contributed by atoms with Crippen LogP contribution in [0.3, 0.4) is 0 Å². The van der Waals surface area contributed by atoms with Crippen LogP contribution in [0.1, 0.15) is 36.5 Å². The van der Waals surface area contributed by atoms with Gasteiger partial charge in [0.05, 0.1) is 13.5 Å². The van der Waals surface area contributed by atoms with Gasteiger partial charge in [-0.2, -0.15) is 0 Å². The van der Waals surface area contributed by atoms with E-state index < -0.39 is 17.8 Å². The third-order valence-corrected chi connectivity index (χ3v) is 3.28. The number of esters is 1. The topological polar surface area (TPSA) is 126 Å². The van der Waals surface area contributed by atoms with Crippen LogP contribution in [-0.4, -0.2) is 35.9 Å². The maximum atomic E-state index is 12.0. The molecule has 0 aliphatic heterocycles. The average molecular weight is 380 g/mol. The lowest BCUT2D eigenvalue weighted by atomic mass is 10.2. The number of hydrazine groups is 1. The Hall–Kier alpha value is -3.01. The van der Waals surface area contributed by atoms with E-state index in [4.69, 9.17) is 12.2 Å². The molecular weight excluding hydrogens is 360 g/mol. The number of anilines is 1. The van der Waals surface area contributed by atoms with Gasteiger partial charge in [-0.25, -0.2) is 0 Å². The fourth-order valence-corrected chi connectivity index (χ4v) is 1.84. The summed E-state index contributed by atoms with van der Waals surface area (Å²) in [6.45, 7) is 1.74. The Kier molecular flexibility index (Phi) is 8.71. The van der Waals surface area contributed by atoms with Crippen LogP contribution in [0.4, 0.5) is 5.69 Å². The summed E-state index contributed by atoms with van der Waals surface area (Å²) in [7, 11) is 1.23. The molecule has 1 aromatic carbocycles. The maximum Gasteiger partial charge on any atom is 0.306 e. The molecule has 9 nitrogen and oxygen atoms in total. The van der Waals surface area contributed by atoms with Crippen LogP contribution in [0, 0.1) is 0 Å². The Morgan fingerprint density at radius 1 is 1.00 bits per heavy atom. The summed E-state index contributed by atoms with van der Waals surface area (Å²) in [6, 6.07) is 6.24. The predicted octanol–water partition coefficient (Wildman–Crippen LogP) is 0.624. The first kappa shape index (κ1) is 21.0. The predicted molar refractivity (Wildman–Crippen MR) is 98.0 cm³/mol. The van der Waals surface area contributed by atoms with Crippen molar-refractivity contribution in [3.8, 4) is 0 Å². The fraction of sp³-hybridized carbons (Fsp3) is 0.312. The van der Waals surface area contributed by atoms with Crippen LogP contribution in [-0.2, 0) is 19.1 Å². The number of carbonyl (C=O) groups excluding carboxylic acids is 4. The Balaban J connectivity index is 2.41. The molecule has 3 amide bonds. The molecule has 0 spiro atoms. The second kappa shape index (κ2) is 10.8. The van der Waals surface area contributed by atoms with E-state index in [0.29, 0.717) is 17.7 Å². The first-order valence-corrected chi connectivity index (χ1v) is 8.13. The molecule has 4 N–H and O–H groups in total. The van der Waals surface area contributed by atoms with Gasteiger partial charge in [-0.15, -0.1) is 0 Å². The Labute approximate surface area is 155 Å². The number of nitrogens with one attached hydrogen (secondary N) is 4. The molecular formula is C16H20N4O5S. The van der Waals surface area contributed by atoms with Gasteiger partial charge in [-0.3, -0.25) is 30.0 Å². The van der Waals surface area contributed by atoms with Crippen molar-refractivity contribution in [1.29, 1.82) is 0 Å². The lowest BCUT2D eigenvalue weighted by Gasteiger charge is -2.11. The quantitative estimate of drug-likeness (QED) is 0.324. The van der Waals surface area contributed by atoms with Crippen molar-refractivity contribution in [2.75, 3.05) is 12.4 Å². The molecule has 10 heteroatoms. The number of methoxy groups -OCH3 is 1. The summed E-state index contributed by atoms with van der Waals surface area (Å²) < 4.78 is 4.42. The summed E-state index contributed by atoms with van der Waals surface area (Å²) in [5.74, 6) is -1.61. The van der Waals surface area contributed by atoms with Crippen molar-refractivity contribution in [3.63, 3.8) is 0 Å². The monoisotopic (exact) mass is 380 g/mol. The third-order valence-electron chi connectivity index (χ3n) is 3.08. The largest absolute Gasteiger partial charge is 0.469 e. The number of hydrogen-bond donors (Lipinski definition) is 4. The summed E-state index contributed by atoms with van der Waals surface area (Å²) in [4.78, 5) is 45.8. The van der Waals surface area contributed by atoms with Gasteiger partial charge in [-0.1, -0.05) is 6.92 Å². The number of carbonyl (C=O) groups is 4. The summed E-state index contributed by atoms with van der Waals surface area (Å²) in [5, 5.41) is 4.87. The highest BCUT2D eigenvalue weighted by atomic mass is 32.1. The van der Waals surface area contributed by atoms with Crippen molar-refractivity contribution in [1.82, 2.24) is 16.2 Å². The van der Waals surface area contributed by atoms with Gasteiger partial charge in [0, 0.05) is 24.1 Å². The molecule has 0 aliphatic rings. The zero-order chi connectivity index (χ0) is 19.5. The Morgan fingerprint density at radius 3 is 2.23 bits per heavy atom. The molecule has 0 radical (unpaired) electrons. The minimum atomic E-state index is -0.508. The number of hydrogen-bond acceptors (Lipinski definition) is 6. The molecule has 1 aromatic rings. The van der Waals surface area contributed by atoms with Gasteiger partial charge in [0.1, 0.15) is 0 Å². The summed E-state index contributed by atoms with van der Waals surface area (Å²) >= 11 is 4.87. The number of amides is 3. The van der Waals surface area contributed by atoms with Crippen molar-refractivity contribution in [3.05, 3.63) is 29.8 Å². The highest BCUT2D eigenvalue weighted by Gasteiger charge is 2.10. The van der Waals surface area contributed by atoms with Gasteiger partial charge < -0.3 is 15.4 Å². The molecule has 1 rings (SSSR count).